The second kappa shape index (κ2) is 37.2. The Labute approximate surface area is 607 Å². The van der Waals surface area contributed by atoms with Crippen LogP contribution in [0.4, 0.5) is 13.2 Å². The van der Waals surface area contributed by atoms with E-state index in [0.717, 1.165) is 68.7 Å². The Morgan fingerprint density at radius 1 is 0.667 bits per heavy atom. The lowest BCUT2D eigenvalue weighted by Crippen LogP contribution is -2.66. The van der Waals surface area contributed by atoms with Crippen molar-refractivity contribution in [3.63, 3.8) is 0 Å². The fraction of sp³-hybridized carbons (Fsp3) is 0.667. The Kier molecular flexibility index (Phi) is 30.4. The fourth-order valence-electron chi connectivity index (χ4n) is 14.1. The standard InChI is InChI=1S/C72H105Cl2F3N12O13/c1-14-45(5)61-68(99)83(9)42-59(92)81(7)43-60(93)85(11)55(38-47-23-17-16-18-24-47)66(97)82(8)41-57(90)78-53(30-28-48-27-29-50(52(74)37-48)72(75,76)77)65(96)89(15-2)54(39-49-25-19-20-26-51(49)73)64(95)80-71(31-21-22-32-71)70(101)87(13)62(44(3)4)69(100)86(12)56(67(98)88-33-35-102-36-34-88)40-58(91)84(10)46(6)63(94)79-61/h19-20,25-27,29,37,44-47,53-56,61-62H,14-18,21-24,28,30-36,38-43H2,1-13H3,(H,78,90)(H,79,94)(H,80,95)/t45-,46-,53-,54-,55-,56-,61-,62-/m0/s1. The number of amides is 12. The molecule has 4 fully saturated rings. The predicted molar refractivity (Wildman–Crippen MR) is 377 cm³/mol. The summed E-state index contributed by atoms with van der Waals surface area (Å²) in [5.41, 5.74) is -2.15. The fourth-order valence-corrected chi connectivity index (χ4v) is 14.6. The van der Waals surface area contributed by atoms with E-state index < -0.39 is 173 Å². The summed E-state index contributed by atoms with van der Waals surface area (Å²) in [7, 11) is 9.58. The molecule has 0 aromatic heterocycles. The van der Waals surface area contributed by atoms with Crippen LogP contribution in [0, 0.1) is 17.8 Å². The third-order valence-corrected chi connectivity index (χ3v) is 21.6. The van der Waals surface area contributed by atoms with Gasteiger partial charge in [0.05, 0.1) is 49.9 Å². The SMILES string of the molecule is CC[C@H](C)[C@@H]1NC(=O)[C@H](C)N(C)C(=O)C[C@@H](C(=O)N2CCOCC2)N(C)C(=O)[C@H](C(C)C)N(C)C(=O)C2(CCCC2)NC(=O)[C@H](Cc2ccccc2Cl)N(CC)C(=O)[C@H](CCc2ccc(C(F)(F)F)c(Cl)c2)NC(=O)CN(C)C(=O)[C@H](CC2CCCCC2)N(C)C(=O)CN(C)C(=O)CN(C)C1=O. The number of alkyl halides is 3. The van der Waals surface area contributed by atoms with Crippen molar-refractivity contribution in [1.29, 1.82) is 0 Å². The van der Waals surface area contributed by atoms with E-state index in [9.17, 15) is 51.5 Å². The molecule has 2 heterocycles. The maximum atomic E-state index is 15.7. The van der Waals surface area contributed by atoms with E-state index in [-0.39, 0.29) is 87.9 Å². The van der Waals surface area contributed by atoms with Gasteiger partial charge in [0.25, 0.3) is 0 Å². The Hall–Kier alpha value is -7.59. The lowest BCUT2D eigenvalue weighted by molar-refractivity contribution is -0.157. The van der Waals surface area contributed by atoms with Crippen LogP contribution in [0.15, 0.2) is 42.5 Å². The van der Waals surface area contributed by atoms with Crippen LogP contribution in [0.25, 0.3) is 0 Å². The van der Waals surface area contributed by atoms with E-state index in [1.54, 1.807) is 58.9 Å². The summed E-state index contributed by atoms with van der Waals surface area (Å²) < 4.78 is 47.5. The summed E-state index contributed by atoms with van der Waals surface area (Å²) in [6.07, 6.45) is -0.295. The zero-order chi connectivity index (χ0) is 75.8. The number of nitrogens with zero attached hydrogens (tertiary/aromatic N) is 9. The smallest absolute Gasteiger partial charge is 0.378 e. The highest BCUT2D eigenvalue weighted by Crippen LogP contribution is 2.37. The van der Waals surface area contributed by atoms with Gasteiger partial charge in [-0.05, 0) is 93.0 Å². The average molecular weight is 1470 g/mol. The molecule has 0 radical (unpaired) electrons. The molecule has 102 heavy (non-hydrogen) atoms. The van der Waals surface area contributed by atoms with Gasteiger partial charge in [0.2, 0.25) is 70.9 Å². The summed E-state index contributed by atoms with van der Waals surface area (Å²) in [4.78, 5) is 189. The molecule has 12 amide bonds. The molecular weight excluding hydrogens is 1370 g/mol. The van der Waals surface area contributed by atoms with Crippen molar-refractivity contribution >= 4 is 94.1 Å². The first-order valence-corrected chi connectivity index (χ1v) is 36.2. The van der Waals surface area contributed by atoms with Crippen molar-refractivity contribution < 1.29 is 75.4 Å². The molecule has 3 N–H and O–H groups in total. The van der Waals surface area contributed by atoms with Crippen LogP contribution in [0.2, 0.25) is 10.0 Å². The molecule has 2 saturated heterocycles. The number of nitrogens with one attached hydrogen (secondary N) is 3. The van der Waals surface area contributed by atoms with Crippen LogP contribution < -0.4 is 16.0 Å². The second-order valence-electron chi connectivity index (χ2n) is 28.3. The quantitative estimate of drug-likeness (QED) is 0.239. The molecule has 30 heteroatoms. The third kappa shape index (κ3) is 21.1. The molecule has 25 nitrogen and oxygen atoms in total. The Morgan fingerprint density at radius 3 is 1.87 bits per heavy atom. The highest BCUT2D eigenvalue weighted by Gasteiger charge is 2.50. The summed E-state index contributed by atoms with van der Waals surface area (Å²) in [5, 5.41) is 8.18. The zero-order valence-electron chi connectivity index (χ0n) is 61.3. The molecule has 2 aliphatic heterocycles. The molecule has 2 aromatic rings. The number of ether oxygens (including phenoxy) is 1. The maximum absolute atomic E-state index is 15.7. The third-order valence-electron chi connectivity index (χ3n) is 20.9. The van der Waals surface area contributed by atoms with E-state index in [0.29, 0.717) is 24.8 Å². The monoisotopic (exact) mass is 1470 g/mol. The first-order chi connectivity index (χ1) is 48.0. The minimum atomic E-state index is -4.80. The van der Waals surface area contributed by atoms with Crippen LogP contribution in [0.1, 0.15) is 142 Å². The minimum absolute atomic E-state index is 0.0103. The van der Waals surface area contributed by atoms with Gasteiger partial charge in [-0.2, -0.15) is 13.2 Å². The predicted octanol–water partition coefficient (Wildman–Crippen LogP) is 5.44. The largest absolute Gasteiger partial charge is 0.417 e. The van der Waals surface area contributed by atoms with Gasteiger partial charge in [-0.15, -0.1) is 0 Å². The van der Waals surface area contributed by atoms with Gasteiger partial charge in [0.1, 0.15) is 47.8 Å². The van der Waals surface area contributed by atoms with Crippen LogP contribution in [0.5, 0.6) is 0 Å². The molecule has 2 saturated carbocycles. The number of hydrogen-bond donors (Lipinski definition) is 3. The minimum Gasteiger partial charge on any atom is -0.378 e. The molecule has 0 bridgehead atoms. The molecule has 8 atom stereocenters. The molecule has 2 aliphatic carbocycles. The first kappa shape index (κ1) is 83.4. The van der Waals surface area contributed by atoms with Crippen LogP contribution in [0.3, 0.4) is 0 Å². The Balaban J connectivity index is 1.47. The number of hydrogen-bond acceptors (Lipinski definition) is 13. The van der Waals surface area contributed by atoms with Crippen LogP contribution in [-0.2, 0) is 81.3 Å². The molecule has 566 valence electrons. The van der Waals surface area contributed by atoms with Gasteiger partial charge in [-0.1, -0.05) is 127 Å². The lowest BCUT2D eigenvalue weighted by Gasteiger charge is -2.42. The van der Waals surface area contributed by atoms with Gasteiger partial charge in [0.15, 0.2) is 0 Å². The van der Waals surface area contributed by atoms with Crippen molar-refractivity contribution in [3.8, 4) is 0 Å². The van der Waals surface area contributed by atoms with E-state index in [2.05, 4.69) is 16.0 Å². The second-order valence-corrected chi connectivity index (χ2v) is 29.2. The normalized spacial score (nSPS) is 25.0. The maximum Gasteiger partial charge on any atom is 0.417 e. The number of halogens is 5. The lowest BCUT2D eigenvalue weighted by atomic mass is 9.84. The van der Waals surface area contributed by atoms with Gasteiger partial charge in [-0.25, -0.2) is 0 Å². The van der Waals surface area contributed by atoms with Gasteiger partial charge >= 0.3 is 6.18 Å². The summed E-state index contributed by atoms with van der Waals surface area (Å²) in [6, 6.07) is 0.114. The molecule has 4 aliphatic rings. The van der Waals surface area contributed by atoms with Crippen molar-refractivity contribution in [3.05, 3.63) is 69.2 Å². The highest BCUT2D eigenvalue weighted by molar-refractivity contribution is 6.31. The van der Waals surface area contributed by atoms with Gasteiger partial charge in [-0.3, -0.25) is 57.5 Å². The molecule has 6 rings (SSSR count). The van der Waals surface area contributed by atoms with Crippen molar-refractivity contribution in [2.24, 2.45) is 17.8 Å². The van der Waals surface area contributed by atoms with E-state index in [1.807, 2.05) is 0 Å². The summed E-state index contributed by atoms with van der Waals surface area (Å²) >= 11 is 13.0. The average Bonchev–Trinajstić information content (AvgIpc) is 1.42. The Bertz CT molecular complexity index is 3350. The van der Waals surface area contributed by atoms with Crippen molar-refractivity contribution in [1.82, 2.24) is 60.0 Å². The van der Waals surface area contributed by atoms with Gasteiger partial charge < -0.3 is 64.8 Å². The van der Waals surface area contributed by atoms with Crippen molar-refractivity contribution in [2.45, 2.75) is 192 Å². The number of aryl methyl sites for hydroxylation is 1. The number of likely N-dealkylation sites (N-methyl/N-ethyl adjacent to an activating group) is 8. The summed E-state index contributed by atoms with van der Waals surface area (Å²) in [6.45, 7) is 8.51. The van der Waals surface area contributed by atoms with Crippen molar-refractivity contribution in [2.75, 3.05) is 102 Å². The van der Waals surface area contributed by atoms with E-state index >= 15 is 19.2 Å². The van der Waals surface area contributed by atoms with E-state index in [1.165, 1.54) is 81.9 Å². The van der Waals surface area contributed by atoms with Crippen LogP contribution in [-0.4, -0.2) is 265 Å². The topological polar surface area (TPSA) is 279 Å². The molecular formula is C72H105Cl2F3N12O13. The number of carbonyl (C=O) groups is 12. The Morgan fingerprint density at radius 2 is 1.28 bits per heavy atom. The molecule has 0 unspecified atom stereocenters. The number of morpholine rings is 1. The molecule has 2 aromatic carbocycles. The number of carbonyl (C=O) groups excluding carboxylic acids is 12. The van der Waals surface area contributed by atoms with Gasteiger partial charge in [0, 0.05) is 80.4 Å². The van der Waals surface area contributed by atoms with E-state index in [4.69, 9.17) is 27.9 Å². The first-order valence-electron chi connectivity index (χ1n) is 35.5. The number of benzene rings is 2. The zero-order valence-corrected chi connectivity index (χ0v) is 62.8. The highest BCUT2D eigenvalue weighted by atomic mass is 35.5. The molecule has 1 spiro atoms. The summed E-state index contributed by atoms with van der Waals surface area (Å²) in [5.74, 6) is -9.90. The van der Waals surface area contributed by atoms with Crippen LogP contribution >= 0.6 is 23.2 Å². The number of rotatable bonds is 12.